The molecule has 94 valence electrons. The number of amides is 1. The summed E-state index contributed by atoms with van der Waals surface area (Å²) in [5.74, 6) is 0. The molecule has 0 unspecified atom stereocenters. The van der Waals surface area contributed by atoms with Gasteiger partial charge in [-0.3, -0.25) is 4.79 Å². The Morgan fingerprint density at radius 2 is 2.25 bits per heavy atom. The summed E-state index contributed by atoms with van der Waals surface area (Å²) in [7, 11) is 0. The van der Waals surface area contributed by atoms with Crippen molar-refractivity contribution in [3.63, 3.8) is 0 Å². The van der Waals surface area contributed by atoms with Crippen LogP contribution in [0.1, 0.15) is 33.6 Å². The Bertz CT molecular complexity index is 214. The zero-order chi connectivity index (χ0) is 12.0. The summed E-state index contributed by atoms with van der Waals surface area (Å²) in [6, 6.07) is 0. The van der Waals surface area contributed by atoms with Crippen molar-refractivity contribution in [3.8, 4) is 0 Å². The second-order valence-electron chi connectivity index (χ2n) is 5.41. The van der Waals surface area contributed by atoms with Gasteiger partial charge in [-0.05, 0) is 40.2 Å². The van der Waals surface area contributed by atoms with Crippen LogP contribution in [0.2, 0.25) is 0 Å². The number of carbonyl (C=O) groups excluding carboxylic acids is 1. The maximum absolute atomic E-state index is 10.6. The van der Waals surface area contributed by atoms with Gasteiger partial charge in [-0.15, -0.1) is 0 Å². The Hall–Kier alpha value is -0.610. The first-order chi connectivity index (χ1) is 7.51. The fraction of sp³-hybridized carbons (Fsp3) is 0.917. The van der Waals surface area contributed by atoms with Crippen molar-refractivity contribution < 1.29 is 9.53 Å². The highest BCUT2D eigenvalue weighted by molar-refractivity contribution is 5.47. The van der Waals surface area contributed by atoms with E-state index in [0.29, 0.717) is 6.61 Å². The lowest BCUT2D eigenvalue weighted by atomic mass is 10.1. The van der Waals surface area contributed by atoms with E-state index in [-0.39, 0.29) is 11.6 Å². The van der Waals surface area contributed by atoms with Gasteiger partial charge in [0.1, 0.15) is 0 Å². The Morgan fingerprint density at radius 1 is 1.50 bits per heavy atom. The number of rotatable bonds is 5. The molecule has 0 aromatic carbocycles. The summed E-state index contributed by atoms with van der Waals surface area (Å²) in [4.78, 5) is 12.4. The summed E-state index contributed by atoms with van der Waals surface area (Å²) >= 11 is 0. The average Bonchev–Trinajstić information content (AvgIpc) is 2.23. The SMILES string of the molecule is CC(C)(C)NCCC[C@@H]1CN(C=O)CCO1. The van der Waals surface area contributed by atoms with Gasteiger partial charge in [0, 0.05) is 18.6 Å². The average molecular weight is 228 g/mol. The Labute approximate surface area is 98.3 Å². The highest BCUT2D eigenvalue weighted by Crippen LogP contribution is 2.09. The van der Waals surface area contributed by atoms with E-state index in [2.05, 4.69) is 26.1 Å². The molecule has 0 bridgehead atoms. The lowest BCUT2D eigenvalue weighted by Crippen LogP contribution is -2.42. The van der Waals surface area contributed by atoms with Crippen LogP contribution in [0.15, 0.2) is 0 Å². The van der Waals surface area contributed by atoms with Crippen LogP contribution in [0, 0.1) is 0 Å². The molecule has 0 radical (unpaired) electrons. The quantitative estimate of drug-likeness (QED) is 0.564. The van der Waals surface area contributed by atoms with Crippen LogP contribution in [0.4, 0.5) is 0 Å². The van der Waals surface area contributed by atoms with Gasteiger partial charge in [0.2, 0.25) is 6.41 Å². The van der Waals surface area contributed by atoms with Gasteiger partial charge in [-0.2, -0.15) is 0 Å². The van der Waals surface area contributed by atoms with E-state index in [0.717, 1.165) is 38.9 Å². The fourth-order valence-electron chi connectivity index (χ4n) is 1.81. The van der Waals surface area contributed by atoms with Crippen LogP contribution in [0.25, 0.3) is 0 Å². The van der Waals surface area contributed by atoms with Crippen molar-refractivity contribution in [1.29, 1.82) is 0 Å². The van der Waals surface area contributed by atoms with E-state index in [1.165, 1.54) is 0 Å². The van der Waals surface area contributed by atoms with Crippen LogP contribution < -0.4 is 5.32 Å². The van der Waals surface area contributed by atoms with Crippen molar-refractivity contribution in [3.05, 3.63) is 0 Å². The third-order valence-corrected chi connectivity index (χ3v) is 2.68. The van der Waals surface area contributed by atoms with E-state index in [4.69, 9.17) is 4.74 Å². The minimum Gasteiger partial charge on any atom is -0.375 e. The molecule has 0 saturated carbocycles. The largest absolute Gasteiger partial charge is 0.375 e. The molecule has 1 aliphatic rings. The first-order valence-electron chi connectivity index (χ1n) is 6.07. The Balaban J connectivity index is 2.10. The number of carbonyl (C=O) groups is 1. The summed E-state index contributed by atoms with van der Waals surface area (Å²) < 4.78 is 5.61. The molecule has 1 atom stereocenters. The van der Waals surface area contributed by atoms with Gasteiger partial charge in [0.05, 0.1) is 12.7 Å². The summed E-state index contributed by atoms with van der Waals surface area (Å²) in [6.07, 6.45) is 3.26. The molecular weight excluding hydrogens is 204 g/mol. The third-order valence-electron chi connectivity index (χ3n) is 2.68. The lowest BCUT2D eigenvalue weighted by Gasteiger charge is -2.30. The normalized spacial score (nSPS) is 22.2. The van der Waals surface area contributed by atoms with Crippen LogP contribution in [-0.2, 0) is 9.53 Å². The molecule has 0 aromatic rings. The van der Waals surface area contributed by atoms with E-state index in [9.17, 15) is 4.79 Å². The van der Waals surface area contributed by atoms with Gasteiger partial charge in [-0.25, -0.2) is 0 Å². The van der Waals surface area contributed by atoms with Crippen LogP contribution >= 0.6 is 0 Å². The van der Waals surface area contributed by atoms with Crippen LogP contribution in [0.5, 0.6) is 0 Å². The maximum Gasteiger partial charge on any atom is 0.209 e. The molecular formula is C12H24N2O2. The number of hydrogen-bond donors (Lipinski definition) is 1. The topological polar surface area (TPSA) is 41.6 Å². The summed E-state index contributed by atoms with van der Waals surface area (Å²) in [6.45, 7) is 9.66. The van der Waals surface area contributed by atoms with Crippen LogP contribution in [0.3, 0.4) is 0 Å². The van der Waals surface area contributed by atoms with E-state index in [1.54, 1.807) is 4.90 Å². The molecule has 1 N–H and O–H groups in total. The first-order valence-corrected chi connectivity index (χ1v) is 6.07. The molecule has 1 fully saturated rings. The van der Waals surface area contributed by atoms with Crippen LogP contribution in [-0.4, -0.2) is 49.2 Å². The number of nitrogens with zero attached hydrogens (tertiary/aromatic N) is 1. The molecule has 4 heteroatoms. The fourth-order valence-corrected chi connectivity index (χ4v) is 1.81. The Morgan fingerprint density at radius 3 is 2.88 bits per heavy atom. The molecule has 1 amide bonds. The third kappa shape index (κ3) is 5.47. The minimum absolute atomic E-state index is 0.183. The lowest BCUT2D eigenvalue weighted by molar-refractivity contribution is -0.125. The molecule has 4 nitrogen and oxygen atoms in total. The number of morpholine rings is 1. The van der Waals surface area contributed by atoms with Gasteiger partial charge in [0.15, 0.2) is 0 Å². The number of nitrogens with one attached hydrogen (secondary N) is 1. The molecule has 1 aliphatic heterocycles. The monoisotopic (exact) mass is 228 g/mol. The van der Waals surface area contributed by atoms with Crippen molar-refractivity contribution in [2.24, 2.45) is 0 Å². The minimum atomic E-state index is 0.183. The van der Waals surface area contributed by atoms with Gasteiger partial charge < -0.3 is 15.0 Å². The van der Waals surface area contributed by atoms with Gasteiger partial charge in [0.25, 0.3) is 0 Å². The van der Waals surface area contributed by atoms with Crippen molar-refractivity contribution in [1.82, 2.24) is 10.2 Å². The Kier molecular flexibility index (Phi) is 5.22. The van der Waals surface area contributed by atoms with E-state index >= 15 is 0 Å². The van der Waals surface area contributed by atoms with Gasteiger partial charge in [-0.1, -0.05) is 0 Å². The summed E-state index contributed by atoms with van der Waals surface area (Å²) in [5, 5.41) is 3.45. The predicted octanol–water partition coefficient (Wildman–Crippen LogP) is 1.01. The maximum atomic E-state index is 10.6. The molecule has 1 rings (SSSR count). The van der Waals surface area contributed by atoms with Crippen molar-refractivity contribution in [2.45, 2.75) is 45.3 Å². The second kappa shape index (κ2) is 6.21. The molecule has 1 heterocycles. The zero-order valence-corrected chi connectivity index (χ0v) is 10.7. The highest BCUT2D eigenvalue weighted by atomic mass is 16.5. The van der Waals surface area contributed by atoms with E-state index in [1.807, 2.05) is 0 Å². The van der Waals surface area contributed by atoms with Crippen molar-refractivity contribution >= 4 is 6.41 Å². The summed E-state index contributed by atoms with van der Waals surface area (Å²) in [5.41, 5.74) is 0.183. The van der Waals surface area contributed by atoms with Crippen molar-refractivity contribution in [2.75, 3.05) is 26.2 Å². The molecule has 0 spiro atoms. The zero-order valence-electron chi connectivity index (χ0n) is 10.7. The molecule has 0 aromatic heterocycles. The number of ether oxygens (including phenoxy) is 1. The van der Waals surface area contributed by atoms with Gasteiger partial charge >= 0.3 is 0 Å². The highest BCUT2D eigenvalue weighted by Gasteiger charge is 2.18. The predicted molar refractivity (Wildman–Crippen MR) is 64.4 cm³/mol. The smallest absolute Gasteiger partial charge is 0.209 e. The molecule has 1 saturated heterocycles. The second-order valence-corrected chi connectivity index (χ2v) is 5.41. The van der Waals surface area contributed by atoms with E-state index < -0.39 is 0 Å². The molecule has 0 aliphatic carbocycles. The number of hydrogen-bond acceptors (Lipinski definition) is 3. The molecule has 16 heavy (non-hydrogen) atoms. The first kappa shape index (κ1) is 13.5. The standard InChI is InChI=1S/C12H24N2O2/c1-12(2,3)13-6-4-5-11-9-14(10-15)7-8-16-11/h10-11,13H,4-9H2,1-3H3/t11-/m1/s1.